The van der Waals surface area contributed by atoms with E-state index in [1.54, 1.807) is 0 Å². The summed E-state index contributed by atoms with van der Waals surface area (Å²) < 4.78 is 24.7. The smallest absolute Gasteiger partial charge is 0.389 e. The maximum absolute atomic E-state index is 11.9. The largest absolute Gasteiger partial charge is 0.506 e. The minimum absolute atomic E-state index is 0.0344. The number of carbonyl (C=O) groups excluding carboxylic acids is 1. The minimum Gasteiger partial charge on any atom is -0.506 e. The topological polar surface area (TPSA) is 144 Å². The Kier molecular flexibility index (Phi) is 4.83. The molecular weight excluding hydrogens is 340 g/mol. The Balaban J connectivity index is 2.16. The Morgan fingerprint density at radius 2 is 2.12 bits per heavy atom. The molecule has 0 aliphatic rings. The third-order valence-electron chi connectivity index (χ3n) is 3.10. The monoisotopic (exact) mass is 354 g/mol. The molecule has 2 N–H and O–H groups in total. The number of phenols is 1. The number of sulfone groups is 1. The molecule has 0 fully saturated rings. The predicted octanol–water partition coefficient (Wildman–Crippen LogP) is 0.929. The molecule has 10 nitrogen and oxygen atoms in total. The van der Waals surface area contributed by atoms with E-state index in [9.17, 15) is 28.4 Å². The van der Waals surface area contributed by atoms with Crippen LogP contribution in [0.25, 0.3) is 0 Å². The average molecular weight is 354 g/mol. The minimum atomic E-state index is -3.49. The van der Waals surface area contributed by atoms with Crippen molar-refractivity contribution in [3.05, 3.63) is 40.6 Å². The lowest BCUT2D eigenvalue weighted by atomic mass is 10.3. The number of aromatic nitrogens is 2. The normalized spacial score (nSPS) is 11.2. The van der Waals surface area contributed by atoms with Crippen LogP contribution in [0.2, 0.25) is 0 Å². The number of aromatic hydroxyl groups is 1. The maximum Gasteiger partial charge on any atom is 0.389 e. The van der Waals surface area contributed by atoms with E-state index in [4.69, 9.17) is 0 Å². The molecule has 0 bridgehead atoms. The van der Waals surface area contributed by atoms with Gasteiger partial charge in [-0.05, 0) is 23.1 Å². The van der Waals surface area contributed by atoms with Crippen molar-refractivity contribution in [2.75, 3.05) is 11.1 Å². The Hall–Kier alpha value is -2.95. The summed E-state index contributed by atoms with van der Waals surface area (Å²) >= 11 is 0. The first-order chi connectivity index (χ1) is 11.2. The zero-order valence-electron chi connectivity index (χ0n) is 12.5. The van der Waals surface area contributed by atoms with Crippen LogP contribution >= 0.6 is 0 Å². The standard InChI is InChI=1S/C13H14N4O6S/c1-2-24(22,23)9-3-4-11(18)10(7-9)14-13(19)8-16-6-5-12(15-16)17(20)21/h3-7,18H,2,8H2,1H3,(H,14,19). The van der Waals surface area contributed by atoms with Crippen molar-refractivity contribution in [3.63, 3.8) is 0 Å². The number of rotatable bonds is 6. The summed E-state index contributed by atoms with van der Waals surface area (Å²) in [6, 6.07) is 4.69. The fourth-order valence-electron chi connectivity index (χ4n) is 1.85. The highest BCUT2D eigenvalue weighted by Gasteiger charge is 2.17. The number of hydrogen-bond acceptors (Lipinski definition) is 7. The molecule has 0 saturated heterocycles. The number of phenolic OH excluding ortho intramolecular Hbond substituents is 1. The van der Waals surface area contributed by atoms with Crippen molar-refractivity contribution < 1.29 is 23.2 Å². The summed E-state index contributed by atoms with van der Waals surface area (Å²) in [6.45, 7) is 1.14. The van der Waals surface area contributed by atoms with Gasteiger partial charge in [0.1, 0.15) is 12.3 Å². The summed E-state index contributed by atoms with van der Waals surface area (Å²) in [5.74, 6) is -1.46. The summed E-state index contributed by atoms with van der Waals surface area (Å²) in [4.78, 5) is 21.7. The van der Waals surface area contributed by atoms with Gasteiger partial charge in [0.15, 0.2) is 9.84 Å². The summed E-state index contributed by atoms with van der Waals surface area (Å²) in [6.07, 6.45) is 1.26. The molecule has 11 heteroatoms. The molecule has 2 aromatic rings. The van der Waals surface area contributed by atoms with Crippen LogP contribution < -0.4 is 5.32 Å². The van der Waals surface area contributed by atoms with E-state index in [1.807, 2.05) is 0 Å². The predicted molar refractivity (Wildman–Crippen MR) is 83.3 cm³/mol. The van der Waals surface area contributed by atoms with Crippen molar-refractivity contribution >= 4 is 27.2 Å². The molecule has 2 rings (SSSR count). The fraction of sp³-hybridized carbons (Fsp3) is 0.231. The number of hydrogen-bond donors (Lipinski definition) is 2. The first kappa shape index (κ1) is 17.4. The molecule has 0 atom stereocenters. The van der Waals surface area contributed by atoms with Crippen LogP contribution in [0.4, 0.5) is 11.5 Å². The average Bonchev–Trinajstić information content (AvgIpc) is 2.98. The second-order valence-electron chi connectivity index (χ2n) is 4.76. The van der Waals surface area contributed by atoms with Crippen molar-refractivity contribution in [2.45, 2.75) is 18.4 Å². The van der Waals surface area contributed by atoms with E-state index in [2.05, 4.69) is 10.4 Å². The Labute approximate surface area is 136 Å². The fourth-order valence-corrected chi connectivity index (χ4v) is 2.75. The Morgan fingerprint density at radius 3 is 2.71 bits per heavy atom. The van der Waals surface area contributed by atoms with Gasteiger partial charge in [-0.25, -0.2) is 8.42 Å². The first-order valence-electron chi connectivity index (χ1n) is 6.76. The van der Waals surface area contributed by atoms with Crippen LogP contribution in [-0.4, -0.2) is 39.9 Å². The lowest BCUT2D eigenvalue weighted by molar-refractivity contribution is -0.389. The molecule has 0 spiro atoms. The highest BCUT2D eigenvalue weighted by Crippen LogP contribution is 2.27. The second kappa shape index (κ2) is 6.66. The van der Waals surface area contributed by atoms with E-state index >= 15 is 0 Å². The van der Waals surface area contributed by atoms with Gasteiger partial charge in [-0.1, -0.05) is 6.92 Å². The number of nitrogens with one attached hydrogen (secondary N) is 1. The van der Waals surface area contributed by atoms with Gasteiger partial charge in [-0.3, -0.25) is 4.79 Å². The van der Waals surface area contributed by atoms with Gasteiger partial charge in [-0.15, -0.1) is 0 Å². The quantitative estimate of drug-likeness (QED) is 0.446. The lowest BCUT2D eigenvalue weighted by Gasteiger charge is -2.09. The van der Waals surface area contributed by atoms with Crippen LogP contribution in [0.15, 0.2) is 35.4 Å². The number of nitrogens with zero attached hydrogens (tertiary/aromatic N) is 3. The summed E-state index contributed by atoms with van der Waals surface area (Å²) in [7, 11) is -3.49. The van der Waals surface area contributed by atoms with Crippen molar-refractivity contribution in [1.29, 1.82) is 0 Å². The van der Waals surface area contributed by atoms with Crippen LogP contribution in [0.3, 0.4) is 0 Å². The van der Waals surface area contributed by atoms with E-state index in [-0.39, 0.29) is 28.6 Å². The maximum atomic E-state index is 11.9. The third-order valence-corrected chi connectivity index (χ3v) is 4.83. The molecular formula is C13H14N4O6S. The third kappa shape index (κ3) is 3.87. The molecule has 1 aromatic heterocycles. The van der Waals surface area contributed by atoms with Gasteiger partial charge in [0.05, 0.1) is 33.7 Å². The van der Waals surface area contributed by atoms with Crippen LogP contribution in [0, 0.1) is 10.1 Å². The highest BCUT2D eigenvalue weighted by molar-refractivity contribution is 7.91. The molecule has 0 saturated carbocycles. The number of amides is 1. The second-order valence-corrected chi connectivity index (χ2v) is 7.04. The SMILES string of the molecule is CCS(=O)(=O)c1ccc(O)c(NC(=O)Cn2ccc([N+](=O)[O-])n2)c1. The van der Waals surface area contributed by atoms with E-state index in [1.165, 1.54) is 19.2 Å². The summed E-state index contributed by atoms with van der Waals surface area (Å²) in [5.41, 5.74) is -0.0730. The van der Waals surface area contributed by atoms with Crippen molar-refractivity contribution in [1.82, 2.24) is 9.78 Å². The molecule has 1 aromatic carbocycles. The Morgan fingerprint density at radius 1 is 1.42 bits per heavy atom. The van der Waals surface area contributed by atoms with Crippen LogP contribution in [-0.2, 0) is 21.2 Å². The Bertz CT molecular complexity index is 890. The van der Waals surface area contributed by atoms with Gasteiger partial charge in [-0.2, -0.15) is 4.68 Å². The molecule has 0 aliphatic heterocycles. The molecule has 1 heterocycles. The van der Waals surface area contributed by atoms with Gasteiger partial charge < -0.3 is 20.5 Å². The number of anilines is 1. The van der Waals surface area contributed by atoms with Gasteiger partial charge >= 0.3 is 5.82 Å². The molecule has 24 heavy (non-hydrogen) atoms. The van der Waals surface area contributed by atoms with Crippen LogP contribution in [0.5, 0.6) is 5.75 Å². The van der Waals surface area contributed by atoms with E-state index in [0.717, 1.165) is 22.9 Å². The molecule has 0 unspecified atom stereocenters. The molecule has 0 radical (unpaired) electrons. The van der Waals surface area contributed by atoms with Gasteiger partial charge in [0.2, 0.25) is 5.91 Å². The lowest BCUT2D eigenvalue weighted by Crippen LogP contribution is -2.19. The van der Waals surface area contributed by atoms with Crippen molar-refractivity contribution in [2.24, 2.45) is 0 Å². The number of nitro groups is 1. The van der Waals surface area contributed by atoms with Crippen molar-refractivity contribution in [3.8, 4) is 5.75 Å². The zero-order valence-corrected chi connectivity index (χ0v) is 13.4. The molecule has 128 valence electrons. The van der Waals surface area contributed by atoms with E-state index in [0.29, 0.717) is 0 Å². The number of benzene rings is 1. The van der Waals surface area contributed by atoms with Gasteiger partial charge in [0.25, 0.3) is 0 Å². The molecule has 1 amide bonds. The number of carbonyl (C=O) groups is 1. The van der Waals surface area contributed by atoms with Gasteiger partial charge in [0, 0.05) is 0 Å². The first-order valence-corrected chi connectivity index (χ1v) is 8.41. The van der Waals surface area contributed by atoms with E-state index < -0.39 is 26.5 Å². The summed E-state index contributed by atoms with van der Waals surface area (Å²) in [5, 5.41) is 26.2. The highest BCUT2D eigenvalue weighted by atomic mass is 32.2. The zero-order chi connectivity index (χ0) is 17.9. The van der Waals surface area contributed by atoms with Crippen LogP contribution in [0.1, 0.15) is 6.92 Å². The molecule has 0 aliphatic carbocycles.